The second-order valence-electron chi connectivity index (χ2n) is 9.82. The van der Waals surface area contributed by atoms with Gasteiger partial charge in [-0.1, -0.05) is 31.6 Å². The number of ether oxygens (including phenoxy) is 1. The number of hydrogen-bond donors (Lipinski definition) is 0. The lowest BCUT2D eigenvalue weighted by Gasteiger charge is -2.37. The first-order chi connectivity index (χ1) is 14.5. The van der Waals surface area contributed by atoms with Gasteiger partial charge in [-0.3, -0.25) is 14.5 Å². The van der Waals surface area contributed by atoms with Crippen LogP contribution in [0.15, 0.2) is 30.5 Å². The summed E-state index contributed by atoms with van der Waals surface area (Å²) in [5.41, 5.74) is 3.80. The van der Waals surface area contributed by atoms with Crippen LogP contribution in [0, 0.1) is 11.3 Å². The number of benzene rings is 1. The first-order valence-electron chi connectivity index (χ1n) is 11.4. The van der Waals surface area contributed by atoms with Gasteiger partial charge in [-0.15, -0.1) is 0 Å². The number of amides is 2. The van der Waals surface area contributed by atoms with Gasteiger partial charge in [0.2, 0.25) is 11.8 Å². The van der Waals surface area contributed by atoms with Gasteiger partial charge in [-0.2, -0.15) is 0 Å². The molecule has 0 aromatic heterocycles. The molecule has 5 nitrogen and oxygen atoms in total. The number of rotatable bonds is 5. The van der Waals surface area contributed by atoms with E-state index in [4.69, 9.17) is 4.74 Å². The largest absolute Gasteiger partial charge is 0.496 e. The average molecular weight is 409 g/mol. The van der Waals surface area contributed by atoms with Crippen molar-refractivity contribution in [2.45, 2.75) is 57.3 Å². The Labute approximate surface area is 179 Å². The maximum absolute atomic E-state index is 12.7. The summed E-state index contributed by atoms with van der Waals surface area (Å²) in [6.45, 7) is 6.72. The number of carbonyl (C=O) groups excluding carboxylic acids is 2. The first kappa shape index (κ1) is 19.7. The van der Waals surface area contributed by atoms with Crippen LogP contribution in [0.25, 0.3) is 0 Å². The Morgan fingerprint density at radius 3 is 2.60 bits per heavy atom. The summed E-state index contributed by atoms with van der Waals surface area (Å²) < 4.78 is 5.63. The summed E-state index contributed by atoms with van der Waals surface area (Å²) in [4.78, 5) is 29.3. The lowest BCUT2D eigenvalue weighted by atomic mass is 9.76. The van der Waals surface area contributed by atoms with Gasteiger partial charge in [0, 0.05) is 56.1 Å². The molecule has 5 heteroatoms. The number of piperidine rings is 1. The van der Waals surface area contributed by atoms with Crippen molar-refractivity contribution in [2.24, 2.45) is 11.3 Å². The third kappa shape index (κ3) is 3.23. The van der Waals surface area contributed by atoms with Crippen LogP contribution < -0.4 is 4.74 Å². The van der Waals surface area contributed by atoms with Crippen LogP contribution in [-0.2, 0) is 16.0 Å². The van der Waals surface area contributed by atoms with Gasteiger partial charge in [0.1, 0.15) is 5.75 Å². The van der Waals surface area contributed by atoms with Crippen molar-refractivity contribution in [2.75, 3.05) is 26.7 Å². The van der Waals surface area contributed by atoms with Gasteiger partial charge < -0.3 is 9.64 Å². The predicted molar refractivity (Wildman–Crippen MR) is 115 cm³/mol. The third-order valence-electron chi connectivity index (χ3n) is 8.06. The normalized spacial score (nSPS) is 27.0. The SMILES string of the molecule is C=C(CCN1C(=O)CC2(CCCC2)CC1=O)N1C[C@H]2Cc3cccc(OC)c3[C@H]2C1. The van der Waals surface area contributed by atoms with E-state index in [1.807, 2.05) is 0 Å². The van der Waals surface area contributed by atoms with E-state index in [2.05, 4.69) is 29.7 Å². The molecule has 5 rings (SSSR count). The molecular formula is C25H32N2O3. The van der Waals surface area contributed by atoms with Gasteiger partial charge in [-0.25, -0.2) is 0 Å². The van der Waals surface area contributed by atoms with E-state index in [9.17, 15) is 9.59 Å². The van der Waals surface area contributed by atoms with Crippen LogP contribution in [0.2, 0.25) is 0 Å². The van der Waals surface area contributed by atoms with Crippen LogP contribution in [-0.4, -0.2) is 48.4 Å². The van der Waals surface area contributed by atoms with Crippen molar-refractivity contribution >= 4 is 11.8 Å². The van der Waals surface area contributed by atoms with Crippen molar-refractivity contribution in [3.63, 3.8) is 0 Å². The van der Waals surface area contributed by atoms with Gasteiger partial charge in [0.15, 0.2) is 0 Å². The maximum Gasteiger partial charge on any atom is 0.229 e. The van der Waals surface area contributed by atoms with Gasteiger partial charge in [0.25, 0.3) is 0 Å². The predicted octanol–water partition coefficient (Wildman–Crippen LogP) is 3.88. The van der Waals surface area contributed by atoms with E-state index in [1.165, 1.54) is 16.0 Å². The van der Waals surface area contributed by atoms with Crippen molar-refractivity contribution in [3.05, 3.63) is 41.6 Å². The smallest absolute Gasteiger partial charge is 0.229 e. The maximum atomic E-state index is 12.7. The molecule has 1 saturated carbocycles. The van der Waals surface area contributed by atoms with Crippen LogP contribution >= 0.6 is 0 Å². The number of imide groups is 1. The Morgan fingerprint density at radius 1 is 1.17 bits per heavy atom. The lowest BCUT2D eigenvalue weighted by Crippen LogP contribution is -2.47. The number of fused-ring (bicyclic) bond motifs is 3. The molecule has 2 amide bonds. The molecule has 2 aliphatic heterocycles. The Bertz CT molecular complexity index is 866. The fourth-order valence-electron chi connectivity index (χ4n) is 6.47. The van der Waals surface area contributed by atoms with Crippen LogP contribution in [0.4, 0.5) is 0 Å². The minimum Gasteiger partial charge on any atom is -0.496 e. The molecule has 1 aromatic carbocycles. The van der Waals surface area contributed by atoms with Gasteiger partial charge in [-0.05, 0) is 42.2 Å². The highest BCUT2D eigenvalue weighted by molar-refractivity contribution is 5.98. The molecule has 0 N–H and O–H groups in total. The van der Waals surface area contributed by atoms with E-state index in [0.717, 1.165) is 56.6 Å². The molecule has 160 valence electrons. The molecule has 0 bridgehead atoms. The highest BCUT2D eigenvalue weighted by atomic mass is 16.5. The number of methoxy groups -OCH3 is 1. The summed E-state index contributed by atoms with van der Waals surface area (Å²) in [7, 11) is 1.75. The molecule has 1 aromatic rings. The topological polar surface area (TPSA) is 49.9 Å². The quantitative estimate of drug-likeness (QED) is 0.694. The van der Waals surface area contributed by atoms with Crippen molar-refractivity contribution in [1.82, 2.24) is 9.80 Å². The van der Waals surface area contributed by atoms with Gasteiger partial charge >= 0.3 is 0 Å². The molecule has 2 saturated heterocycles. The van der Waals surface area contributed by atoms with Gasteiger partial charge in [0.05, 0.1) is 7.11 Å². The summed E-state index contributed by atoms with van der Waals surface area (Å²) in [6.07, 6.45) is 7.24. The molecular weight excluding hydrogens is 376 g/mol. The zero-order valence-electron chi connectivity index (χ0n) is 18.0. The molecule has 30 heavy (non-hydrogen) atoms. The zero-order valence-corrected chi connectivity index (χ0v) is 18.0. The van der Waals surface area contributed by atoms with Crippen LogP contribution in [0.1, 0.15) is 62.0 Å². The van der Waals surface area contributed by atoms with Crippen molar-refractivity contribution in [1.29, 1.82) is 0 Å². The summed E-state index contributed by atoms with van der Waals surface area (Å²) in [5.74, 6) is 2.12. The Hall–Kier alpha value is -2.30. The summed E-state index contributed by atoms with van der Waals surface area (Å²) in [5, 5.41) is 0. The number of likely N-dealkylation sites (tertiary alicyclic amines) is 2. The Kier molecular flexibility index (Phi) is 4.87. The monoisotopic (exact) mass is 408 g/mol. The summed E-state index contributed by atoms with van der Waals surface area (Å²) >= 11 is 0. The lowest BCUT2D eigenvalue weighted by molar-refractivity contribution is -0.153. The highest BCUT2D eigenvalue weighted by Crippen LogP contribution is 2.48. The number of nitrogens with zero attached hydrogens (tertiary/aromatic N) is 2. The number of hydrogen-bond acceptors (Lipinski definition) is 4. The van der Waals surface area contributed by atoms with E-state index in [1.54, 1.807) is 7.11 Å². The standard InChI is InChI=1S/C25H32N2O3/c1-17(8-11-27-22(28)13-25(14-23(27)29)9-3-4-10-25)26-15-19-12-18-6-5-7-21(30-2)24(18)20(19)16-26/h5-7,19-20H,1,3-4,8-16H2,2H3/t19-,20+/m1/s1. The molecule has 4 aliphatic rings. The number of carbonyl (C=O) groups is 2. The first-order valence-corrected chi connectivity index (χ1v) is 11.4. The molecule has 0 radical (unpaired) electrons. The minimum atomic E-state index is -0.0273. The molecule has 3 fully saturated rings. The minimum absolute atomic E-state index is 0.0258. The van der Waals surface area contributed by atoms with E-state index in [-0.39, 0.29) is 17.2 Å². The van der Waals surface area contributed by atoms with E-state index in [0.29, 0.717) is 37.6 Å². The fourth-order valence-corrected chi connectivity index (χ4v) is 6.47. The molecule has 1 spiro atoms. The Balaban J connectivity index is 1.19. The van der Waals surface area contributed by atoms with E-state index >= 15 is 0 Å². The second kappa shape index (κ2) is 7.44. The van der Waals surface area contributed by atoms with Crippen molar-refractivity contribution in [3.8, 4) is 5.75 Å². The van der Waals surface area contributed by atoms with Crippen LogP contribution in [0.5, 0.6) is 5.75 Å². The third-order valence-corrected chi connectivity index (χ3v) is 8.06. The Morgan fingerprint density at radius 2 is 1.90 bits per heavy atom. The molecule has 2 atom stereocenters. The van der Waals surface area contributed by atoms with Crippen LogP contribution in [0.3, 0.4) is 0 Å². The molecule has 0 unspecified atom stereocenters. The second-order valence-corrected chi connectivity index (χ2v) is 9.82. The van der Waals surface area contributed by atoms with E-state index < -0.39 is 0 Å². The highest BCUT2D eigenvalue weighted by Gasteiger charge is 2.45. The average Bonchev–Trinajstić information content (AvgIpc) is 3.41. The zero-order chi connectivity index (χ0) is 20.9. The molecule has 2 aliphatic carbocycles. The molecule has 2 heterocycles. The fraction of sp³-hybridized carbons (Fsp3) is 0.600. The summed E-state index contributed by atoms with van der Waals surface area (Å²) in [6, 6.07) is 6.36. The van der Waals surface area contributed by atoms with Crippen molar-refractivity contribution < 1.29 is 14.3 Å².